The molecule has 1 aromatic rings. The average Bonchev–Trinajstić information content (AvgIpc) is 2.18. The second-order valence-corrected chi connectivity index (χ2v) is 7.55. The van der Waals surface area contributed by atoms with Gasteiger partial charge in [-0.05, 0) is 30.7 Å². The number of nitrogen functional groups attached to an aromatic ring is 1. The van der Waals surface area contributed by atoms with Crippen LogP contribution >= 0.6 is 0 Å². The Morgan fingerprint density at radius 1 is 1.12 bits per heavy atom. The Bertz CT molecular complexity index is 620. The van der Waals surface area contributed by atoms with Crippen molar-refractivity contribution < 1.29 is 16.8 Å². The minimum absolute atomic E-state index is 0.0489. The summed E-state index contributed by atoms with van der Waals surface area (Å²) < 4.78 is 45.0. The summed E-state index contributed by atoms with van der Waals surface area (Å²) in [7, 11) is -7.43. The van der Waals surface area contributed by atoms with Crippen LogP contribution in [0.3, 0.4) is 0 Å². The van der Waals surface area contributed by atoms with Gasteiger partial charge in [0.1, 0.15) is 0 Å². The summed E-state index contributed by atoms with van der Waals surface area (Å²) >= 11 is 0. The number of aryl methyl sites for hydroxylation is 1. The molecule has 0 atom stereocenters. The van der Waals surface area contributed by atoms with E-state index in [2.05, 4.69) is 0 Å². The lowest BCUT2D eigenvalue weighted by atomic mass is 10.2. The predicted octanol–water partition coefficient (Wildman–Crippen LogP) is -0.361. The highest BCUT2D eigenvalue weighted by molar-refractivity contribution is 7.94. The molecule has 0 spiro atoms. The van der Waals surface area contributed by atoms with E-state index in [-0.39, 0.29) is 4.90 Å². The van der Waals surface area contributed by atoms with E-state index in [9.17, 15) is 16.8 Å². The molecular formula is C9H14N2O4S2. The summed E-state index contributed by atoms with van der Waals surface area (Å²) in [5.74, 6) is -1.13. The van der Waals surface area contributed by atoms with Crippen LogP contribution in [0.2, 0.25) is 0 Å². The number of benzene rings is 1. The van der Waals surface area contributed by atoms with Gasteiger partial charge in [0.2, 0.25) is 10.0 Å². The highest BCUT2D eigenvalue weighted by Gasteiger charge is 2.18. The van der Waals surface area contributed by atoms with E-state index in [0.29, 0.717) is 11.3 Å². The summed E-state index contributed by atoms with van der Waals surface area (Å²) in [4.78, 5) is 0.0489. The number of anilines is 1. The number of sulfonamides is 1. The fraction of sp³-hybridized carbons (Fsp3) is 0.333. The first-order valence-electron chi connectivity index (χ1n) is 4.71. The van der Waals surface area contributed by atoms with Crippen LogP contribution in [0.25, 0.3) is 0 Å². The third-order valence-corrected chi connectivity index (χ3v) is 4.98. The van der Waals surface area contributed by atoms with Crippen LogP contribution in [0.1, 0.15) is 5.56 Å². The molecule has 0 heterocycles. The van der Waals surface area contributed by atoms with E-state index in [4.69, 9.17) is 10.9 Å². The summed E-state index contributed by atoms with van der Waals surface area (Å²) in [6.07, 6.45) is 0. The van der Waals surface area contributed by atoms with Crippen molar-refractivity contribution in [1.29, 1.82) is 0 Å². The van der Waals surface area contributed by atoms with E-state index in [1.807, 2.05) is 0 Å². The van der Waals surface area contributed by atoms with Gasteiger partial charge in [-0.3, -0.25) is 0 Å². The van der Waals surface area contributed by atoms with Crippen molar-refractivity contribution >= 4 is 25.5 Å². The molecule has 0 aliphatic carbocycles. The smallest absolute Gasteiger partial charge is 0.210 e. The van der Waals surface area contributed by atoms with Crippen molar-refractivity contribution in [2.75, 3.05) is 17.2 Å². The zero-order valence-corrected chi connectivity index (χ0v) is 10.9. The number of primary sulfonamides is 1. The zero-order valence-electron chi connectivity index (χ0n) is 9.25. The fourth-order valence-corrected chi connectivity index (χ4v) is 3.86. The standard InChI is InChI=1S/C9H14N2O4S2/c1-7-6-8(2-3-9(7)10)16(12,13)4-5-17(11,14)15/h2-3,6H,4-5,10H2,1H3,(H2,11,14,15). The summed E-state index contributed by atoms with van der Waals surface area (Å²) in [6.45, 7) is 1.67. The average molecular weight is 278 g/mol. The molecule has 0 fully saturated rings. The minimum atomic E-state index is -3.79. The summed E-state index contributed by atoms with van der Waals surface area (Å²) in [5, 5.41) is 4.76. The highest BCUT2D eigenvalue weighted by Crippen LogP contribution is 2.18. The van der Waals surface area contributed by atoms with Gasteiger partial charge in [0.25, 0.3) is 0 Å². The van der Waals surface area contributed by atoms with Crippen molar-refractivity contribution in [3.05, 3.63) is 23.8 Å². The lowest BCUT2D eigenvalue weighted by Crippen LogP contribution is -2.23. The Morgan fingerprint density at radius 2 is 1.71 bits per heavy atom. The minimum Gasteiger partial charge on any atom is -0.399 e. The topological polar surface area (TPSA) is 120 Å². The van der Waals surface area contributed by atoms with E-state index in [0.717, 1.165) is 0 Å². The molecular weight excluding hydrogens is 264 g/mol. The Hall–Kier alpha value is -1.12. The predicted molar refractivity (Wildman–Crippen MR) is 65.6 cm³/mol. The van der Waals surface area contributed by atoms with Crippen molar-refractivity contribution in [3.63, 3.8) is 0 Å². The molecule has 4 N–H and O–H groups in total. The molecule has 6 nitrogen and oxygen atoms in total. The molecule has 1 rings (SSSR count). The van der Waals surface area contributed by atoms with Crippen LogP contribution in [0.5, 0.6) is 0 Å². The van der Waals surface area contributed by atoms with Gasteiger partial charge in [-0.1, -0.05) is 0 Å². The number of rotatable bonds is 4. The summed E-state index contributed by atoms with van der Waals surface area (Å²) in [6, 6.07) is 4.23. The van der Waals surface area contributed by atoms with E-state index < -0.39 is 31.4 Å². The Morgan fingerprint density at radius 3 is 2.18 bits per heavy atom. The molecule has 17 heavy (non-hydrogen) atoms. The lowest BCUT2D eigenvalue weighted by Gasteiger charge is -2.06. The molecule has 1 aromatic carbocycles. The Balaban J connectivity index is 3.02. The molecule has 0 amide bonds. The molecule has 0 unspecified atom stereocenters. The first-order chi connectivity index (χ1) is 7.62. The number of nitrogens with two attached hydrogens (primary N) is 2. The maximum absolute atomic E-state index is 11.8. The maximum Gasteiger partial charge on any atom is 0.210 e. The first kappa shape index (κ1) is 13.9. The van der Waals surface area contributed by atoms with Crippen LogP contribution in [0.4, 0.5) is 5.69 Å². The van der Waals surface area contributed by atoms with Gasteiger partial charge in [0, 0.05) is 5.69 Å². The molecule has 0 saturated heterocycles. The van der Waals surface area contributed by atoms with Gasteiger partial charge < -0.3 is 5.73 Å². The third kappa shape index (κ3) is 3.99. The van der Waals surface area contributed by atoms with Gasteiger partial charge in [0.15, 0.2) is 9.84 Å². The van der Waals surface area contributed by atoms with Crippen LogP contribution in [-0.2, 0) is 19.9 Å². The lowest BCUT2D eigenvalue weighted by molar-refractivity contribution is 0.588. The van der Waals surface area contributed by atoms with Gasteiger partial charge in [-0.25, -0.2) is 22.0 Å². The van der Waals surface area contributed by atoms with Crippen molar-refractivity contribution in [2.45, 2.75) is 11.8 Å². The Labute approximate surface area is 101 Å². The molecule has 0 aromatic heterocycles. The SMILES string of the molecule is Cc1cc(S(=O)(=O)CCS(N)(=O)=O)ccc1N. The monoisotopic (exact) mass is 278 g/mol. The third-order valence-electron chi connectivity index (χ3n) is 2.24. The van der Waals surface area contributed by atoms with E-state index >= 15 is 0 Å². The number of sulfone groups is 1. The molecule has 0 aliphatic rings. The highest BCUT2D eigenvalue weighted by atomic mass is 32.2. The van der Waals surface area contributed by atoms with Crippen molar-refractivity contribution in [1.82, 2.24) is 0 Å². The second-order valence-electron chi connectivity index (χ2n) is 3.70. The van der Waals surface area contributed by atoms with Gasteiger partial charge in [-0.2, -0.15) is 0 Å². The molecule has 0 radical (unpaired) electrons. The van der Waals surface area contributed by atoms with Crippen LogP contribution < -0.4 is 10.9 Å². The first-order valence-corrected chi connectivity index (χ1v) is 8.08. The van der Waals surface area contributed by atoms with Gasteiger partial charge in [-0.15, -0.1) is 0 Å². The van der Waals surface area contributed by atoms with E-state index in [1.54, 1.807) is 6.92 Å². The molecule has 0 aliphatic heterocycles. The number of hydrogen-bond acceptors (Lipinski definition) is 5. The largest absolute Gasteiger partial charge is 0.399 e. The fourth-order valence-electron chi connectivity index (χ4n) is 1.19. The van der Waals surface area contributed by atoms with Gasteiger partial charge in [0.05, 0.1) is 16.4 Å². The van der Waals surface area contributed by atoms with Crippen molar-refractivity contribution in [3.8, 4) is 0 Å². The van der Waals surface area contributed by atoms with Crippen LogP contribution in [-0.4, -0.2) is 28.3 Å². The number of hydrogen-bond donors (Lipinski definition) is 2. The van der Waals surface area contributed by atoms with Crippen LogP contribution in [0, 0.1) is 6.92 Å². The molecule has 0 bridgehead atoms. The normalized spacial score (nSPS) is 12.6. The Kier molecular flexibility index (Phi) is 3.80. The van der Waals surface area contributed by atoms with Crippen molar-refractivity contribution in [2.24, 2.45) is 5.14 Å². The molecule has 96 valence electrons. The molecule has 0 saturated carbocycles. The van der Waals surface area contributed by atoms with E-state index in [1.165, 1.54) is 18.2 Å². The summed E-state index contributed by atoms with van der Waals surface area (Å²) in [5.41, 5.74) is 6.67. The maximum atomic E-state index is 11.8. The van der Waals surface area contributed by atoms with Crippen LogP contribution in [0.15, 0.2) is 23.1 Å². The quantitative estimate of drug-likeness (QED) is 0.729. The van der Waals surface area contributed by atoms with Gasteiger partial charge >= 0.3 is 0 Å². The zero-order chi connectivity index (χ0) is 13.3. The molecule has 8 heteroatoms. The second kappa shape index (κ2) is 4.63.